The highest BCUT2D eigenvalue weighted by Gasteiger charge is 2.29. The van der Waals surface area contributed by atoms with Gasteiger partial charge in [0.2, 0.25) is 0 Å². The maximum atomic E-state index is 10.8. The summed E-state index contributed by atoms with van der Waals surface area (Å²) >= 11 is 0. The number of nitrogens with two attached hydrogens (primary N) is 2. The average molecular weight is 180 g/mol. The quantitative estimate of drug-likeness (QED) is 0.579. The number of rotatable bonds is 2. The molecule has 0 saturated carbocycles. The molecule has 1 unspecified atom stereocenters. The number of hydrogen-bond acceptors (Lipinski definition) is 3. The van der Waals surface area contributed by atoms with Gasteiger partial charge in [0, 0.05) is 5.69 Å². The summed E-state index contributed by atoms with van der Waals surface area (Å²) in [5.74, 6) is -1.06. The fourth-order valence-electron chi connectivity index (χ4n) is 0.953. The largest absolute Gasteiger partial charge is 0.480 e. The molecule has 0 aromatic heterocycles. The zero-order valence-corrected chi connectivity index (χ0v) is 7.32. The van der Waals surface area contributed by atoms with Crippen LogP contribution in [0.25, 0.3) is 0 Å². The lowest BCUT2D eigenvalue weighted by molar-refractivity contribution is -0.143. The van der Waals surface area contributed by atoms with Crippen LogP contribution in [0, 0.1) is 0 Å². The predicted molar refractivity (Wildman–Crippen MR) is 50.0 cm³/mol. The molecule has 5 N–H and O–H groups in total. The summed E-state index contributed by atoms with van der Waals surface area (Å²) < 4.78 is 0. The van der Waals surface area contributed by atoms with Crippen LogP contribution in [-0.4, -0.2) is 11.1 Å². The van der Waals surface area contributed by atoms with Crippen molar-refractivity contribution in [3.63, 3.8) is 0 Å². The van der Waals surface area contributed by atoms with Gasteiger partial charge >= 0.3 is 5.97 Å². The van der Waals surface area contributed by atoms with Crippen LogP contribution in [0.2, 0.25) is 0 Å². The Morgan fingerprint density at radius 2 is 1.85 bits per heavy atom. The molecule has 1 atom stereocenters. The molecular formula is C9H12N2O2. The Bertz CT molecular complexity index is 317. The average Bonchev–Trinajstić information content (AvgIpc) is 2.04. The maximum absolute atomic E-state index is 10.8. The first kappa shape index (κ1) is 9.54. The number of carboxylic acids is 1. The molecule has 13 heavy (non-hydrogen) atoms. The zero-order chi connectivity index (χ0) is 10.1. The van der Waals surface area contributed by atoms with Crippen molar-refractivity contribution in [3.05, 3.63) is 29.8 Å². The van der Waals surface area contributed by atoms with Crippen molar-refractivity contribution < 1.29 is 9.90 Å². The number of hydrogen-bond donors (Lipinski definition) is 3. The third-order valence-corrected chi connectivity index (χ3v) is 1.95. The molecule has 70 valence electrons. The number of nitrogen functional groups attached to an aromatic ring is 1. The third-order valence-electron chi connectivity index (χ3n) is 1.95. The summed E-state index contributed by atoms with van der Waals surface area (Å²) in [4.78, 5) is 10.8. The van der Waals surface area contributed by atoms with Crippen molar-refractivity contribution in [2.24, 2.45) is 5.73 Å². The van der Waals surface area contributed by atoms with E-state index < -0.39 is 11.5 Å². The molecule has 0 radical (unpaired) electrons. The predicted octanol–water partition coefficient (Wildman–Crippen LogP) is 0.527. The van der Waals surface area contributed by atoms with Crippen molar-refractivity contribution in [1.29, 1.82) is 0 Å². The first-order valence-electron chi connectivity index (χ1n) is 3.83. The van der Waals surface area contributed by atoms with E-state index in [9.17, 15) is 4.79 Å². The van der Waals surface area contributed by atoms with Gasteiger partial charge in [0.1, 0.15) is 5.54 Å². The lowest BCUT2D eigenvalue weighted by Crippen LogP contribution is -2.41. The van der Waals surface area contributed by atoms with Gasteiger partial charge < -0.3 is 16.6 Å². The highest BCUT2D eigenvalue weighted by molar-refractivity contribution is 5.80. The van der Waals surface area contributed by atoms with Crippen LogP contribution < -0.4 is 11.5 Å². The van der Waals surface area contributed by atoms with Crippen LogP contribution in [0.3, 0.4) is 0 Å². The van der Waals surface area contributed by atoms with Crippen molar-refractivity contribution in [2.45, 2.75) is 12.5 Å². The van der Waals surface area contributed by atoms with E-state index in [4.69, 9.17) is 16.6 Å². The Morgan fingerprint density at radius 3 is 2.23 bits per heavy atom. The molecule has 0 spiro atoms. The van der Waals surface area contributed by atoms with Gasteiger partial charge in [-0.2, -0.15) is 0 Å². The molecule has 4 nitrogen and oxygen atoms in total. The fourth-order valence-corrected chi connectivity index (χ4v) is 0.953. The number of anilines is 1. The van der Waals surface area contributed by atoms with Gasteiger partial charge in [-0.15, -0.1) is 0 Å². The second-order valence-electron chi connectivity index (χ2n) is 3.13. The molecule has 0 amide bonds. The van der Waals surface area contributed by atoms with E-state index in [2.05, 4.69) is 0 Å². The monoisotopic (exact) mass is 180 g/mol. The Labute approximate surface area is 76.2 Å². The van der Waals surface area contributed by atoms with Gasteiger partial charge in [0.25, 0.3) is 0 Å². The van der Waals surface area contributed by atoms with E-state index in [1.54, 1.807) is 24.3 Å². The number of benzene rings is 1. The van der Waals surface area contributed by atoms with Gasteiger partial charge in [-0.25, -0.2) is 4.79 Å². The summed E-state index contributed by atoms with van der Waals surface area (Å²) in [5, 5.41) is 8.81. The Hall–Kier alpha value is -1.55. The normalized spacial score (nSPS) is 14.9. The Morgan fingerprint density at radius 1 is 1.38 bits per heavy atom. The standard InChI is InChI=1S/C9H12N2O2/c1-9(11,8(12)13)6-2-4-7(10)5-3-6/h2-5H,10-11H2,1H3,(H,12,13). The van der Waals surface area contributed by atoms with E-state index in [1.807, 2.05) is 0 Å². The number of aliphatic carboxylic acids is 1. The second kappa shape index (κ2) is 3.06. The lowest BCUT2D eigenvalue weighted by Gasteiger charge is -2.19. The van der Waals surface area contributed by atoms with Gasteiger partial charge in [-0.1, -0.05) is 12.1 Å². The van der Waals surface area contributed by atoms with Crippen molar-refractivity contribution >= 4 is 11.7 Å². The van der Waals surface area contributed by atoms with Crippen LogP contribution in [0.4, 0.5) is 5.69 Å². The van der Waals surface area contributed by atoms with E-state index in [1.165, 1.54) is 6.92 Å². The van der Waals surface area contributed by atoms with E-state index in [-0.39, 0.29) is 0 Å². The van der Waals surface area contributed by atoms with Crippen molar-refractivity contribution in [1.82, 2.24) is 0 Å². The minimum atomic E-state index is -1.35. The van der Waals surface area contributed by atoms with E-state index in [0.717, 1.165) is 0 Å². The van der Waals surface area contributed by atoms with E-state index >= 15 is 0 Å². The summed E-state index contributed by atoms with van der Waals surface area (Å²) in [5.41, 5.74) is 10.8. The number of carboxylic acid groups (broad SMARTS) is 1. The summed E-state index contributed by atoms with van der Waals surface area (Å²) in [6.45, 7) is 1.45. The van der Waals surface area contributed by atoms with Gasteiger partial charge in [-0.3, -0.25) is 0 Å². The molecule has 1 rings (SSSR count). The minimum Gasteiger partial charge on any atom is -0.480 e. The lowest BCUT2D eigenvalue weighted by atomic mass is 9.93. The molecule has 4 heteroatoms. The van der Waals surface area contributed by atoms with Crippen LogP contribution in [0.15, 0.2) is 24.3 Å². The Kier molecular flexibility index (Phi) is 2.25. The SMILES string of the molecule is CC(N)(C(=O)O)c1ccc(N)cc1. The molecule has 1 aromatic rings. The van der Waals surface area contributed by atoms with Crippen LogP contribution in [0.1, 0.15) is 12.5 Å². The molecular weight excluding hydrogens is 168 g/mol. The molecule has 0 bridgehead atoms. The second-order valence-corrected chi connectivity index (χ2v) is 3.13. The summed E-state index contributed by atoms with van der Waals surface area (Å²) in [6.07, 6.45) is 0. The molecule has 1 aromatic carbocycles. The highest BCUT2D eigenvalue weighted by atomic mass is 16.4. The van der Waals surface area contributed by atoms with E-state index in [0.29, 0.717) is 11.3 Å². The topological polar surface area (TPSA) is 89.3 Å². The highest BCUT2D eigenvalue weighted by Crippen LogP contribution is 2.18. The molecule has 0 saturated heterocycles. The fraction of sp³-hybridized carbons (Fsp3) is 0.222. The van der Waals surface area contributed by atoms with Gasteiger partial charge in [-0.05, 0) is 24.6 Å². The van der Waals surface area contributed by atoms with Gasteiger partial charge in [0.05, 0.1) is 0 Å². The molecule has 0 aliphatic rings. The number of carbonyl (C=O) groups is 1. The van der Waals surface area contributed by atoms with Gasteiger partial charge in [0.15, 0.2) is 0 Å². The maximum Gasteiger partial charge on any atom is 0.328 e. The summed E-state index contributed by atoms with van der Waals surface area (Å²) in [7, 11) is 0. The molecule has 0 fully saturated rings. The molecule has 0 aliphatic carbocycles. The smallest absolute Gasteiger partial charge is 0.328 e. The third kappa shape index (κ3) is 1.78. The summed E-state index contributed by atoms with van der Waals surface area (Å²) in [6, 6.07) is 6.49. The zero-order valence-electron chi connectivity index (χ0n) is 7.32. The van der Waals surface area contributed by atoms with Crippen LogP contribution in [-0.2, 0) is 10.3 Å². The van der Waals surface area contributed by atoms with Crippen LogP contribution >= 0.6 is 0 Å². The minimum absolute atomic E-state index is 0.536. The molecule has 0 aliphatic heterocycles. The first-order chi connectivity index (χ1) is 5.94. The van der Waals surface area contributed by atoms with Crippen molar-refractivity contribution in [2.75, 3.05) is 5.73 Å². The first-order valence-corrected chi connectivity index (χ1v) is 3.83. The Balaban J connectivity index is 3.08. The van der Waals surface area contributed by atoms with Crippen molar-refractivity contribution in [3.8, 4) is 0 Å². The van der Waals surface area contributed by atoms with Crippen LogP contribution in [0.5, 0.6) is 0 Å². The molecule has 0 heterocycles.